The molecule has 0 radical (unpaired) electrons. The van der Waals surface area contributed by atoms with Crippen molar-refractivity contribution in [2.45, 2.75) is 25.4 Å². The van der Waals surface area contributed by atoms with Crippen LogP contribution in [-0.4, -0.2) is 38.6 Å². The number of amides is 1. The Labute approximate surface area is 187 Å². The SMILES string of the molecule is Nc1c(Cl)cc(C(=O)NC2CCCn3c2nc(-c2ccncn2)cc3=O)c2c1OCCO2. The molecule has 1 unspecified atom stereocenters. The summed E-state index contributed by atoms with van der Waals surface area (Å²) in [6.07, 6.45) is 4.31. The number of aromatic nitrogens is 4. The van der Waals surface area contributed by atoms with E-state index in [4.69, 9.17) is 26.8 Å². The first kappa shape index (κ1) is 20.3. The summed E-state index contributed by atoms with van der Waals surface area (Å²) >= 11 is 6.22. The Hall–Kier alpha value is -3.66. The molecule has 3 aromatic rings. The van der Waals surface area contributed by atoms with Gasteiger partial charge in [0.2, 0.25) is 0 Å². The molecule has 0 bridgehead atoms. The number of halogens is 1. The number of hydrogen-bond acceptors (Lipinski definition) is 8. The molecule has 3 N–H and O–H groups in total. The lowest BCUT2D eigenvalue weighted by Gasteiger charge is -2.28. The Balaban J connectivity index is 1.51. The molecular formula is C21H19ClN6O4. The van der Waals surface area contributed by atoms with E-state index in [-0.39, 0.29) is 33.3 Å². The van der Waals surface area contributed by atoms with Gasteiger partial charge >= 0.3 is 0 Å². The van der Waals surface area contributed by atoms with E-state index in [2.05, 4.69) is 20.3 Å². The highest BCUT2D eigenvalue weighted by Crippen LogP contribution is 2.43. The van der Waals surface area contributed by atoms with Gasteiger partial charge in [-0.15, -0.1) is 0 Å². The summed E-state index contributed by atoms with van der Waals surface area (Å²) in [4.78, 5) is 38.7. The average Bonchev–Trinajstić information content (AvgIpc) is 2.82. The van der Waals surface area contributed by atoms with Gasteiger partial charge < -0.3 is 20.5 Å². The number of ether oxygens (including phenoxy) is 2. The molecule has 4 heterocycles. The zero-order valence-corrected chi connectivity index (χ0v) is 17.6. The molecule has 1 amide bonds. The Bertz CT molecular complexity index is 1260. The lowest BCUT2D eigenvalue weighted by atomic mass is 10.0. The van der Waals surface area contributed by atoms with Gasteiger partial charge in [0, 0.05) is 18.8 Å². The lowest BCUT2D eigenvalue weighted by Crippen LogP contribution is -2.38. The Kier molecular flexibility index (Phi) is 5.14. The van der Waals surface area contributed by atoms with Crippen LogP contribution in [0.5, 0.6) is 11.5 Å². The van der Waals surface area contributed by atoms with Crippen LogP contribution in [0.1, 0.15) is 35.1 Å². The van der Waals surface area contributed by atoms with E-state index in [1.165, 1.54) is 18.5 Å². The number of carbonyl (C=O) groups excluding carboxylic acids is 1. The largest absolute Gasteiger partial charge is 0.485 e. The number of nitrogens with two attached hydrogens (primary N) is 1. The van der Waals surface area contributed by atoms with E-state index < -0.39 is 11.9 Å². The zero-order chi connectivity index (χ0) is 22.2. The molecule has 0 spiro atoms. The van der Waals surface area contributed by atoms with Crippen molar-refractivity contribution >= 4 is 23.2 Å². The third-order valence-electron chi connectivity index (χ3n) is 5.42. The highest BCUT2D eigenvalue weighted by atomic mass is 35.5. The summed E-state index contributed by atoms with van der Waals surface area (Å²) in [5.41, 5.74) is 7.17. The number of hydrogen-bond donors (Lipinski definition) is 2. The molecular weight excluding hydrogens is 436 g/mol. The Morgan fingerprint density at radius 3 is 2.81 bits per heavy atom. The fourth-order valence-corrected chi connectivity index (χ4v) is 4.10. The normalized spacial score (nSPS) is 16.8. The molecule has 10 nitrogen and oxygen atoms in total. The molecule has 5 rings (SSSR count). The molecule has 1 atom stereocenters. The van der Waals surface area contributed by atoms with Crippen molar-refractivity contribution in [3.8, 4) is 22.9 Å². The minimum absolute atomic E-state index is 0.198. The highest BCUT2D eigenvalue weighted by Gasteiger charge is 2.30. The average molecular weight is 455 g/mol. The third kappa shape index (κ3) is 3.52. The zero-order valence-electron chi connectivity index (χ0n) is 16.9. The van der Waals surface area contributed by atoms with Crippen molar-refractivity contribution in [1.29, 1.82) is 0 Å². The van der Waals surface area contributed by atoms with Gasteiger partial charge in [-0.05, 0) is 25.0 Å². The smallest absolute Gasteiger partial charge is 0.255 e. The van der Waals surface area contributed by atoms with E-state index in [1.54, 1.807) is 16.8 Å². The van der Waals surface area contributed by atoms with Crippen LogP contribution in [0.3, 0.4) is 0 Å². The van der Waals surface area contributed by atoms with Gasteiger partial charge in [-0.25, -0.2) is 15.0 Å². The maximum Gasteiger partial charge on any atom is 0.255 e. The first-order valence-electron chi connectivity index (χ1n) is 10.1. The van der Waals surface area contributed by atoms with E-state index in [9.17, 15) is 9.59 Å². The summed E-state index contributed by atoms with van der Waals surface area (Å²) < 4.78 is 12.8. The molecule has 0 aliphatic carbocycles. The van der Waals surface area contributed by atoms with Crippen LogP contribution < -0.4 is 26.1 Å². The molecule has 0 saturated carbocycles. The number of nitrogens with zero attached hydrogens (tertiary/aromatic N) is 4. The summed E-state index contributed by atoms with van der Waals surface area (Å²) in [6, 6.07) is 4.09. The van der Waals surface area contributed by atoms with Crippen molar-refractivity contribution < 1.29 is 14.3 Å². The fraction of sp³-hybridized carbons (Fsp3) is 0.286. The fourth-order valence-electron chi connectivity index (χ4n) is 3.91. The predicted molar refractivity (Wildman–Crippen MR) is 116 cm³/mol. The second kappa shape index (κ2) is 8.12. The molecule has 0 saturated heterocycles. The van der Waals surface area contributed by atoms with Gasteiger partial charge in [0.1, 0.15) is 25.4 Å². The molecule has 2 aliphatic rings. The number of benzene rings is 1. The van der Waals surface area contributed by atoms with Gasteiger partial charge in [0.15, 0.2) is 11.5 Å². The molecule has 32 heavy (non-hydrogen) atoms. The van der Waals surface area contributed by atoms with Crippen LogP contribution >= 0.6 is 11.6 Å². The predicted octanol–water partition coefficient (Wildman–Crippen LogP) is 1.97. The Morgan fingerprint density at radius 1 is 1.22 bits per heavy atom. The molecule has 1 aromatic carbocycles. The number of fused-ring (bicyclic) bond motifs is 2. The first-order chi connectivity index (χ1) is 15.5. The van der Waals surface area contributed by atoms with Crippen molar-refractivity contribution in [2.75, 3.05) is 18.9 Å². The van der Waals surface area contributed by atoms with Crippen molar-refractivity contribution in [3.63, 3.8) is 0 Å². The van der Waals surface area contributed by atoms with E-state index >= 15 is 0 Å². The van der Waals surface area contributed by atoms with Crippen LogP contribution in [0.4, 0.5) is 5.69 Å². The molecule has 164 valence electrons. The number of nitrogens with one attached hydrogen (secondary N) is 1. The maximum atomic E-state index is 13.2. The van der Waals surface area contributed by atoms with Gasteiger partial charge in [-0.3, -0.25) is 14.2 Å². The van der Waals surface area contributed by atoms with E-state index in [0.717, 1.165) is 0 Å². The monoisotopic (exact) mass is 454 g/mol. The number of rotatable bonds is 3. The van der Waals surface area contributed by atoms with Gasteiger partial charge in [0.25, 0.3) is 11.5 Å². The summed E-state index contributed by atoms with van der Waals surface area (Å²) in [5.74, 6) is 0.567. The molecule has 2 aliphatic heterocycles. The number of nitrogen functional groups attached to an aromatic ring is 1. The first-order valence-corrected chi connectivity index (χ1v) is 10.5. The summed E-state index contributed by atoms with van der Waals surface area (Å²) in [7, 11) is 0. The summed E-state index contributed by atoms with van der Waals surface area (Å²) in [6.45, 7) is 1.13. The van der Waals surface area contributed by atoms with Crippen molar-refractivity contribution in [2.24, 2.45) is 0 Å². The van der Waals surface area contributed by atoms with E-state index in [0.29, 0.717) is 49.8 Å². The van der Waals surface area contributed by atoms with Crippen LogP contribution in [0, 0.1) is 0 Å². The van der Waals surface area contributed by atoms with Crippen molar-refractivity contribution in [3.05, 3.63) is 57.5 Å². The molecule has 11 heteroatoms. The van der Waals surface area contributed by atoms with Crippen LogP contribution in [0.15, 0.2) is 35.5 Å². The minimum atomic E-state index is -0.484. The minimum Gasteiger partial charge on any atom is -0.485 e. The van der Waals surface area contributed by atoms with Crippen LogP contribution in [0.2, 0.25) is 5.02 Å². The number of anilines is 1. The second-order valence-electron chi connectivity index (χ2n) is 7.43. The Morgan fingerprint density at radius 2 is 2.03 bits per heavy atom. The second-order valence-corrected chi connectivity index (χ2v) is 7.83. The van der Waals surface area contributed by atoms with Crippen LogP contribution in [0.25, 0.3) is 11.4 Å². The highest BCUT2D eigenvalue weighted by molar-refractivity contribution is 6.34. The van der Waals surface area contributed by atoms with E-state index in [1.807, 2.05) is 0 Å². The quantitative estimate of drug-likeness (QED) is 0.573. The summed E-state index contributed by atoms with van der Waals surface area (Å²) in [5, 5.41) is 3.16. The lowest BCUT2D eigenvalue weighted by molar-refractivity contribution is 0.0916. The van der Waals surface area contributed by atoms with Gasteiger partial charge in [0.05, 0.1) is 33.7 Å². The topological polar surface area (TPSA) is 134 Å². The standard InChI is InChI=1S/C21H19ClN6O4/c22-12-8-11(18-19(17(12)23)32-7-6-31-18)21(30)27-14-2-1-5-28-16(29)9-15(26-20(14)28)13-3-4-24-10-25-13/h3-4,8-10,14H,1-2,5-7,23H2,(H,27,30). The third-order valence-corrected chi connectivity index (χ3v) is 5.73. The van der Waals surface area contributed by atoms with Crippen molar-refractivity contribution in [1.82, 2.24) is 24.8 Å². The van der Waals surface area contributed by atoms with Gasteiger partial charge in [-0.1, -0.05) is 11.6 Å². The van der Waals surface area contributed by atoms with Gasteiger partial charge in [-0.2, -0.15) is 0 Å². The maximum absolute atomic E-state index is 13.2. The molecule has 0 fully saturated rings. The number of carbonyl (C=O) groups is 1. The van der Waals surface area contributed by atoms with Crippen LogP contribution in [-0.2, 0) is 6.54 Å². The molecule has 2 aromatic heterocycles.